The van der Waals surface area contributed by atoms with Gasteiger partial charge in [-0.3, -0.25) is 4.79 Å². The van der Waals surface area contributed by atoms with E-state index in [9.17, 15) is 9.59 Å². The summed E-state index contributed by atoms with van der Waals surface area (Å²) in [5.74, 6) is 0.0731. The summed E-state index contributed by atoms with van der Waals surface area (Å²) in [6.07, 6.45) is 0.448. The van der Waals surface area contributed by atoms with Crippen LogP contribution in [-0.2, 0) is 4.79 Å². The van der Waals surface area contributed by atoms with Crippen LogP contribution in [0.1, 0.15) is 16.8 Å². The molecular weight excluding hydrogens is 384 g/mol. The van der Waals surface area contributed by atoms with Crippen LogP contribution in [-0.4, -0.2) is 24.8 Å². The molecule has 0 amide bonds. The van der Waals surface area contributed by atoms with Crippen LogP contribution < -0.4 is 15.0 Å². The molecule has 29 heavy (non-hydrogen) atoms. The van der Waals surface area contributed by atoms with Gasteiger partial charge in [0.1, 0.15) is 12.3 Å². The number of hydrogen-bond donors (Lipinski definition) is 1. The summed E-state index contributed by atoms with van der Waals surface area (Å²) in [6, 6.07) is 21.2. The van der Waals surface area contributed by atoms with Crippen molar-refractivity contribution in [2.45, 2.75) is 16.2 Å². The zero-order valence-corrected chi connectivity index (χ0v) is 16.4. The summed E-state index contributed by atoms with van der Waals surface area (Å²) < 4.78 is 5.59. The lowest BCUT2D eigenvalue weighted by atomic mass is 10.0. The van der Waals surface area contributed by atoms with Crippen molar-refractivity contribution < 1.29 is 14.3 Å². The molecule has 5 nitrogen and oxygen atoms in total. The molecule has 0 bridgehead atoms. The summed E-state index contributed by atoms with van der Waals surface area (Å²) >= 11 is 1.69. The molecule has 0 saturated carbocycles. The van der Waals surface area contributed by atoms with E-state index in [1.807, 2.05) is 41.3 Å². The maximum absolute atomic E-state index is 12.8. The molecule has 3 aromatic rings. The fourth-order valence-electron chi connectivity index (χ4n) is 3.66. The van der Waals surface area contributed by atoms with Crippen LogP contribution in [0.3, 0.4) is 0 Å². The molecule has 0 saturated heterocycles. The highest BCUT2D eigenvalue weighted by atomic mass is 32.2. The zero-order chi connectivity index (χ0) is 19.8. The van der Waals surface area contributed by atoms with Crippen molar-refractivity contribution in [3.63, 3.8) is 0 Å². The van der Waals surface area contributed by atoms with Crippen LogP contribution in [0.25, 0.3) is 0 Å². The first-order valence-corrected chi connectivity index (χ1v) is 10.3. The fourth-order valence-corrected chi connectivity index (χ4v) is 4.76. The maximum atomic E-state index is 12.8. The molecule has 0 unspecified atom stereocenters. The lowest BCUT2D eigenvalue weighted by Crippen LogP contribution is -2.30. The second kappa shape index (κ2) is 7.29. The Morgan fingerprint density at radius 3 is 2.41 bits per heavy atom. The third-order valence-electron chi connectivity index (χ3n) is 5.01. The highest BCUT2D eigenvalue weighted by Gasteiger charge is 2.25. The van der Waals surface area contributed by atoms with Crippen molar-refractivity contribution in [1.29, 1.82) is 0 Å². The Balaban J connectivity index is 1.40. The van der Waals surface area contributed by atoms with Gasteiger partial charge in [0.15, 0.2) is 5.78 Å². The van der Waals surface area contributed by atoms with Gasteiger partial charge in [0, 0.05) is 34.0 Å². The molecule has 0 spiro atoms. The van der Waals surface area contributed by atoms with Gasteiger partial charge in [0.05, 0.1) is 11.4 Å². The first-order chi connectivity index (χ1) is 14.2. The third-order valence-corrected chi connectivity index (χ3v) is 6.14. The molecule has 0 atom stereocenters. The van der Waals surface area contributed by atoms with Crippen LogP contribution in [0.2, 0.25) is 0 Å². The normalized spacial score (nSPS) is 14.3. The molecule has 5 rings (SSSR count). The number of nitrogens with one attached hydrogen (secondary N) is 1. The molecule has 3 aromatic carbocycles. The number of Topliss-reactive ketones (excluding diaryl/α,β-unsaturated/α-hetero) is 1. The van der Waals surface area contributed by atoms with Gasteiger partial charge in [-0.2, -0.15) is 0 Å². The highest BCUT2D eigenvalue weighted by molar-refractivity contribution is 7.99. The standard InChI is InChI=1S/C23H18N2O3S/c26-20-11-12-24-17-10-9-15(13-16(17)20)28-23(27)14-25-18-5-1-3-7-21(18)29-22-8-4-2-6-19(22)25/h1-10,13,24H,11-12,14H2. The smallest absolute Gasteiger partial charge is 0.331 e. The average molecular weight is 402 g/mol. The van der Waals surface area contributed by atoms with Gasteiger partial charge in [-0.05, 0) is 42.5 Å². The highest BCUT2D eigenvalue weighted by Crippen LogP contribution is 2.47. The molecule has 2 aliphatic heterocycles. The van der Waals surface area contributed by atoms with Crippen LogP contribution in [0.4, 0.5) is 17.1 Å². The number of nitrogens with zero attached hydrogens (tertiary/aromatic N) is 1. The molecule has 2 heterocycles. The lowest BCUT2D eigenvalue weighted by Gasteiger charge is -2.31. The van der Waals surface area contributed by atoms with Crippen molar-refractivity contribution in [3.05, 3.63) is 72.3 Å². The summed E-state index contributed by atoms with van der Waals surface area (Å²) in [7, 11) is 0. The van der Waals surface area contributed by atoms with E-state index in [1.54, 1.807) is 30.0 Å². The number of hydrogen-bond acceptors (Lipinski definition) is 6. The second-order valence-corrected chi connectivity index (χ2v) is 7.99. The second-order valence-electron chi connectivity index (χ2n) is 6.91. The van der Waals surface area contributed by atoms with E-state index in [1.165, 1.54) is 0 Å². The zero-order valence-electron chi connectivity index (χ0n) is 15.6. The van der Waals surface area contributed by atoms with E-state index < -0.39 is 0 Å². The van der Waals surface area contributed by atoms with Gasteiger partial charge >= 0.3 is 5.97 Å². The Morgan fingerprint density at radius 2 is 1.69 bits per heavy atom. The minimum atomic E-state index is -0.377. The number of para-hydroxylation sites is 2. The van der Waals surface area contributed by atoms with E-state index in [4.69, 9.17) is 4.74 Å². The molecule has 0 radical (unpaired) electrons. The minimum Gasteiger partial charge on any atom is -0.425 e. The van der Waals surface area contributed by atoms with Crippen LogP contribution in [0.15, 0.2) is 76.5 Å². The Morgan fingerprint density at radius 1 is 1.00 bits per heavy atom. The molecule has 0 fully saturated rings. The summed E-state index contributed by atoms with van der Waals surface area (Å²) in [6.45, 7) is 0.717. The number of carbonyl (C=O) groups excluding carboxylic acids is 2. The number of rotatable bonds is 3. The van der Waals surface area contributed by atoms with Crippen molar-refractivity contribution in [2.75, 3.05) is 23.3 Å². The molecular formula is C23H18N2O3S. The van der Waals surface area contributed by atoms with Crippen molar-refractivity contribution in [1.82, 2.24) is 0 Å². The van der Waals surface area contributed by atoms with Crippen LogP contribution >= 0.6 is 11.8 Å². The number of ether oxygens (including phenoxy) is 1. The Kier molecular flexibility index (Phi) is 4.48. The average Bonchev–Trinajstić information content (AvgIpc) is 2.74. The maximum Gasteiger partial charge on any atom is 0.331 e. The van der Waals surface area contributed by atoms with E-state index in [0.717, 1.165) is 26.9 Å². The predicted molar refractivity (Wildman–Crippen MR) is 114 cm³/mol. The molecule has 144 valence electrons. The molecule has 6 heteroatoms. The van der Waals surface area contributed by atoms with Crippen LogP contribution in [0, 0.1) is 0 Å². The van der Waals surface area contributed by atoms with Gasteiger partial charge in [0.2, 0.25) is 0 Å². The third kappa shape index (κ3) is 3.36. The van der Waals surface area contributed by atoms with E-state index in [0.29, 0.717) is 24.3 Å². The van der Waals surface area contributed by atoms with Gasteiger partial charge in [0.25, 0.3) is 0 Å². The fraction of sp³-hybridized carbons (Fsp3) is 0.130. The SMILES string of the molecule is O=C(CN1c2ccccc2Sc2ccccc21)Oc1ccc2c(c1)C(=O)CCN2. The molecule has 1 N–H and O–H groups in total. The quantitative estimate of drug-likeness (QED) is 0.497. The first-order valence-electron chi connectivity index (χ1n) is 9.44. The van der Waals surface area contributed by atoms with Gasteiger partial charge in [-0.1, -0.05) is 36.0 Å². The molecule has 0 aromatic heterocycles. The van der Waals surface area contributed by atoms with E-state index in [2.05, 4.69) is 17.4 Å². The number of carbonyl (C=O) groups is 2. The number of anilines is 3. The van der Waals surface area contributed by atoms with Gasteiger partial charge < -0.3 is 15.0 Å². The van der Waals surface area contributed by atoms with Crippen molar-refractivity contribution >= 4 is 40.6 Å². The first kappa shape index (κ1) is 17.8. The Bertz CT molecular complexity index is 1080. The largest absolute Gasteiger partial charge is 0.425 e. The molecule has 0 aliphatic carbocycles. The number of fused-ring (bicyclic) bond motifs is 3. The number of ketones is 1. The lowest BCUT2D eigenvalue weighted by molar-refractivity contribution is -0.132. The number of benzene rings is 3. The van der Waals surface area contributed by atoms with Gasteiger partial charge in [-0.25, -0.2) is 4.79 Å². The summed E-state index contributed by atoms with van der Waals surface area (Å²) in [5, 5.41) is 3.19. The topological polar surface area (TPSA) is 58.6 Å². The summed E-state index contributed by atoms with van der Waals surface area (Å²) in [5.41, 5.74) is 3.33. The van der Waals surface area contributed by atoms with E-state index in [-0.39, 0.29) is 18.3 Å². The van der Waals surface area contributed by atoms with Gasteiger partial charge in [-0.15, -0.1) is 0 Å². The minimum absolute atomic E-state index is 0.0626. The Hall–Kier alpha value is -3.25. The summed E-state index contributed by atoms with van der Waals surface area (Å²) in [4.78, 5) is 29.1. The van der Waals surface area contributed by atoms with Crippen LogP contribution in [0.5, 0.6) is 5.75 Å². The predicted octanol–water partition coefficient (Wildman–Crippen LogP) is 4.89. The Labute approximate surface area is 172 Å². The van der Waals surface area contributed by atoms with Crippen molar-refractivity contribution in [3.8, 4) is 5.75 Å². The molecule has 2 aliphatic rings. The van der Waals surface area contributed by atoms with E-state index >= 15 is 0 Å². The monoisotopic (exact) mass is 402 g/mol. The number of esters is 1. The van der Waals surface area contributed by atoms with Crippen molar-refractivity contribution in [2.24, 2.45) is 0 Å².